The molecule has 0 aliphatic carbocycles. The Morgan fingerprint density at radius 3 is 2.87 bits per heavy atom. The van der Waals surface area contributed by atoms with Gasteiger partial charge in [0.1, 0.15) is 5.82 Å². The Morgan fingerprint density at radius 1 is 1.26 bits per heavy atom. The number of benzene rings is 1. The van der Waals surface area contributed by atoms with Gasteiger partial charge in [-0.1, -0.05) is 18.7 Å². The average molecular weight is 305 g/mol. The summed E-state index contributed by atoms with van der Waals surface area (Å²) < 4.78 is 1.73. The Bertz CT molecular complexity index is 835. The van der Waals surface area contributed by atoms with Gasteiger partial charge in [-0.2, -0.15) is 5.10 Å². The monoisotopic (exact) mass is 305 g/mol. The fourth-order valence-electron chi connectivity index (χ4n) is 2.39. The fourth-order valence-corrected chi connectivity index (χ4v) is 2.39. The Morgan fingerprint density at radius 2 is 2.13 bits per heavy atom. The van der Waals surface area contributed by atoms with E-state index in [2.05, 4.69) is 33.0 Å². The van der Waals surface area contributed by atoms with Crippen molar-refractivity contribution in [1.29, 1.82) is 0 Å². The number of aryl methyl sites for hydroxylation is 2. The molecule has 2 heterocycles. The number of hydrogen-bond acceptors (Lipinski definition) is 4. The first-order chi connectivity index (χ1) is 11.2. The van der Waals surface area contributed by atoms with Gasteiger partial charge in [0, 0.05) is 42.0 Å². The first-order valence-electron chi connectivity index (χ1n) is 7.47. The first kappa shape index (κ1) is 15.0. The zero-order valence-electron chi connectivity index (χ0n) is 13.3. The van der Waals surface area contributed by atoms with Crippen molar-refractivity contribution in [1.82, 2.24) is 19.7 Å². The van der Waals surface area contributed by atoms with Crippen LogP contribution in [0.3, 0.4) is 0 Å². The molecule has 3 rings (SSSR count). The molecule has 0 fully saturated rings. The number of rotatable bonds is 5. The minimum Gasteiger partial charge on any atom is -0.381 e. The topological polar surface area (TPSA) is 55.6 Å². The molecule has 0 saturated heterocycles. The zero-order valence-corrected chi connectivity index (χ0v) is 13.3. The van der Waals surface area contributed by atoms with Crippen molar-refractivity contribution in [3.63, 3.8) is 0 Å². The summed E-state index contributed by atoms with van der Waals surface area (Å²) in [6.07, 6.45) is 5.45. The summed E-state index contributed by atoms with van der Waals surface area (Å²) in [6, 6.07) is 10.1. The van der Waals surface area contributed by atoms with E-state index >= 15 is 0 Å². The molecule has 0 aliphatic rings. The second-order valence-electron chi connectivity index (χ2n) is 5.33. The second kappa shape index (κ2) is 6.44. The van der Waals surface area contributed by atoms with E-state index in [1.54, 1.807) is 17.1 Å². The van der Waals surface area contributed by atoms with Gasteiger partial charge in [0.2, 0.25) is 0 Å². The van der Waals surface area contributed by atoms with Gasteiger partial charge >= 0.3 is 0 Å². The average Bonchev–Trinajstić information content (AvgIpc) is 2.93. The molecule has 2 aromatic heterocycles. The molecule has 3 aromatic rings. The maximum atomic E-state index is 4.47. The van der Waals surface area contributed by atoms with Crippen molar-refractivity contribution in [2.45, 2.75) is 20.4 Å². The molecule has 116 valence electrons. The molecule has 5 heteroatoms. The van der Waals surface area contributed by atoms with Gasteiger partial charge in [-0.25, -0.2) is 14.6 Å². The van der Waals surface area contributed by atoms with Crippen LogP contribution >= 0.6 is 0 Å². The minimum absolute atomic E-state index is 0.714. The molecule has 5 nitrogen and oxygen atoms in total. The van der Waals surface area contributed by atoms with Crippen LogP contribution in [0.15, 0.2) is 49.3 Å². The minimum atomic E-state index is 0.714. The van der Waals surface area contributed by atoms with Crippen molar-refractivity contribution in [2.75, 3.05) is 5.32 Å². The molecule has 0 saturated carbocycles. The molecule has 0 aliphatic heterocycles. The van der Waals surface area contributed by atoms with E-state index in [1.807, 2.05) is 44.3 Å². The van der Waals surface area contributed by atoms with E-state index in [4.69, 9.17) is 0 Å². The van der Waals surface area contributed by atoms with Crippen molar-refractivity contribution in [2.24, 2.45) is 0 Å². The lowest BCUT2D eigenvalue weighted by Crippen LogP contribution is -2.00. The number of nitrogens with one attached hydrogen (secondary N) is 1. The largest absolute Gasteiger partial charge is 0.381 e. The Kier molecular flexibility index (Phi) is 4.19. The van der Waals surface area contributed by atoms with E-state index in [0.29, 0.717) is 6.54 Å². The lowest BCUT2D eigenvalue weighted by atomic mass is 10.1. The molecule has 0 bridgehead atoms. The van der Waals surface area contributed by atoms with Gasteiger partial charge in [-0.05, 0) is 32.0 Å². The molecule has 1 aromatic carbocycles. The van der Waals surface area contributed by atoms with Crippen LogP contribution in [0.4, 0.5) is 5.69 Å². The predicted octanol–water partition coefficient (Wildman–Crippen LogP) is 3.67. The maximum absolute atomic E-state index is 4.47. The van der Waals surface area contributed by atoms with Gasteiger partial charge in [0.25, 0.3) is 0 Å². The van der Waals surface area contributed by atoms with Gasteiger partial charge in [-0.15, -0.1) is 0 Å². The normalized spacial score (nSPS) is 10.5. The Labute approximate surface area is 135 Å². The molecule has 0 amide bonds. The van der Waals surface area contributed by atoms with Crippen molar-refractivity contribution in [3.8, 4) is 11.3 Å². The predicted molar refractivity (Wildman–Crippen MR) is 92.9 cm³/mol. The SMILES string of the molecule is C=Cn1cc(CNc2cccc(-c3ccnc(C)n3)c2)c(C)n1. The number of nitrogens with zero attached hydrogens (tertiary/aromatic N) is 4. The standard InChI is InChI=1S/C18H19N5/c1-4-23-12-16(13(2)22-23)11-20-17-7-5-6-15(10-17)18-8-9-19-14(3)21-18/h4-10,12,20H,1,11H2,2-3H3. The highest BCUT2D eigenvalue weighted by Gasteiger charge is 2.05. The van der Waals surface area contributed by atoms with Crippen molar-refractivity contribution in [3.05, 3.63) is 66.4 Å². The molecule has 1 N–H and O–H groups in total. The molecular formula is C18H19N5. The molecule has 0 unspecified atom stereocenters. The third-order valence-corrected chi connectivity index (χ3v) is 3.62. The van der Waals surface area contributed by atoms with Crippen LogP contribution in [0.25, 0.3) is 17.5 Å². The van der Waals surface area contributed by atoms with E-state index in [0.717, 1.165) is 34.0 Å². The molecule has 0 radical (unpaired) electrons. The molecule has 0 atom stereocenters. The summed E-state index contributed by atoms with van der Waals surface area (Å²) in [6.45, 7) is 8.33. The van der Waals surface area contributed by atoms with Crippen LogP contribution in [0, 0.1) is 13.8 Å². The summed E-state index contributed by atoms with van der Waals surface area (Å²) in [5.74, 6) is 0.772. The third-order valence-electron chi connectivity index (χ3n) is 3.62. The van der Waals surface area contributed by atoms with E-state index in [-0.39, 0.29) is 0 Å². The third kappa shape index (κ3) is 3.45. The van der Waals surface area contributed by atoms with Crippen LogP contribution in [-0.2, 0) is 6.54 Å². The maximum Gasteiger partial charge on any atom is 0.125 e. The zero-order chi connectivity index (χ0) is 16.2. The number of hydrogen-bond donors (Lipinski definition) is 1. The first-order valence-corrected chi connectivity index (χ1v) is 7.47. The highest BCUT2D eigenvalue weighted by Crippen LogP contribution is 2.21. The summed E-state index contributed by atoms with van der Waals surface area (Å²) >= 11 is 0. The van der Waals surface area contributed by atoms with E-state index < -0.39 is 0 Å². The van der Waals surface area contributed by atoms with Crippen LogP contribution in [0.1, 0.15) is 17.1 Å². The molecule has 23 heavy (non-hydrogen) atoms. The second-order valence-corrected chi connectivity index (χ2v) is 5.33. The van der Waals surface area contributed by atoms with Gasteiger partial charge in [-0.3, -0.25) is 0 Å². The quantitative estimate of drug-likeness (QED) is 0.781. The van der Waals surface area contributed by atoms with Gasteiger partial charge < -0.3 is 5.32 Å². The van der Waals surface area contributed by atoms with E-state index in [9.17, 15) is 0 Å². The Balaban J connectivity index is 1.77. The van der Waals surface area contributed by atoms with Crippen LogP contribution in [0.5, 0.6) is 0 Å². The fraction of sp³-hybridized carbons (Fsp3) is 0.167. The molecule has 0 spiro atoms. The number of aromatic nitrogens is 4. The van der Waals surface area contributed by atoms with Crippen molar-refractivity contribution >= 4 is 11.9 Å². The highest BCUT2D eigenvalue weighted by atomic mass is 15.3. The lowest BCUT2D eigenvalue weighted by Gasteiger charge is -2.08. The lowest BCUT2D eigenvalue weighted by molar-refractivity contribution is 0.913. The van der Waals surface area contributed by atoms with Crippen LogP contribution < -0.4 is 5.32 Å². The smallest absolute Gasteiger partial charge is 0.125 e. The summed E-state index contributed by atoms with van der Waals surface area (Å²) in [7, 11) is 0. The van der Waals surface area contributed by atoms with E-state index in [1.165, 1.54) is 0 Å². The Hall–Kier alpha value is -2.95. The highest BCUT2D eigenvalue weighted by molar-refractivity contribution is 5.64. The summed E-state index contributed by atoms with van der Waals surface area (Å²) in [5, 5.41) is 7.79. The summed E-state index contributed by atoms with van der Waals surface area (Å²) in [5.41, 5.74) is 5.19. The van der Waals surface area contributed by atoms with Crippen LogP contribution in [-0.4, -0.2) is 19.7 Å². The summed E-state index contributed by atoms with van der Waals surface area (Å²) in [4.78, 5) is 8.61. The number of anilines is 1. The van der Waals surface area contributed by atoms with Gasteiger partial charge in [0.15, 0.2) is 0 Å². The van der Waals surface area contributed by atoms with Crippen molar-refractivity contribution < 1.29 is 0 Å². The van der Waals surface area contributed by atoms with Crippen LogP contribution in [0.2, 0.25) is 0 Å². The van der Waals surface area contributed by atoms with Gasteiger partial charge in [0.05, 0.1) is 11.4 Å². The molecular weight excluding hydrogens is 286 g/mol.